The van der Waals surface area contributed by atoms with Crippen LogP contribution < -0.4 is 10.6 Å². The van der Waals surface area contributed by atoms with Crippen molar-refractivity contribution in [1.82, 2.24) is 0 Å². The number of hydrogen-bond acceptors (Lipinski definition) is 2. The minimum Gasteiger partial charge on any atom is -0.371 e. The Labute approximate surface area is 115 Å². The fourth-order valence-corrected chi connectivity index (χ4v) is 2.80. The summed E-state index contributed by atoms with van der Waals surface area (Å²) in [5, 5.41) is 0. The number of anilines is 1. The van der Waals surface area contributed by atoms with E-state index < -0.39 is 0 Å². The highest BCUT2D eigenvalue weighted by Crippen LogP contribution is 2.33. The third-order valence-corrected chi connectivity index (χ3v) is 4.47. The number of aryl methyl sites for hydroxylation is 1. The average molecular weight is 264 g/mol. The van der Waals surface area contributed by atoms with Gasteiger partial charge in [0.15, 0.2) is 0 Å². The summed E-state index contributed by atoms with van der Waals surface area (Å²) in [5.41, 5.74) is 8.75. The molecular weight excluding hydrogens is 239 g/mol. The Balaban J connectivity index is 2.35. The molecule has 0 aromatic heterocycles. The van der Waals surface area contributed by atoms with Crippen molar-refractivity contribution < 1.29 is 4.39 Å². The molecule has 1 aliphatic heterocycles. The van der Waals surface area contributed by atoms with Crippen LogP contribution in [0.3, 0.4) is 0 Å². The summed E-state index contributed by atoms with van der Waals surface area (Å²) in [7, 11) is 0. The second-order valence-electron chi connectivity index (χ2n) is 6.14. The summed E-state index contributed by atoms with van der Waals surface area (Å²) in [6.45, 7) is 10.4. The van der Waals surface area contributed by atoms with Gasteiger partial charge < -0.3 is 10.6 Å². The van der Waals surface area contributed by atoms with Crippen molar-refractivity contribution in [3.63, 3.8) is 0 Å². The van der Waals surface area contributed by atoms with Crippen LogP contribution in [-0.4, -0.2) is 13.1 Å². The monoisotopic (exact) mass is 264 g/mol. The van der Waals surface area contributed by atoms with Gasteiger partial charge in [0.2, 0.25) is 0 Å². The zero-order chi connectivity index (χ0) is 14.2. The van der Waals surface area contributed by atoms with Crippen LogP contribution in [0.25, 0.3) is 0 Å². The molecule has 3 atom stereocenters. The molecule has 1 aromatic rings. The molecule has 1 saturated heterocycles. The minimum atomic E-state index is -0.158. The minimum absolute atomic E-state index is 0.139. The van der Waals surface area contributed by atoms with Crippen LogP contribution in [-0.2, 0) is 0 Å². The van der Waals surface area contributed by atoms with Crippen molar-refractivity contribution >= 4 is 5.69 Å². The number of benzene rings is 1. The van der Waals surface area contributed by atoms with E-state index in [1.807, 2.05) is 19.9 Å². The maximum absolute atomic E-state index is 13.8. The summed E-state index contributed by atoms with van der Waals surface area (Å²) in [5.74, 6) is 1.27. The summed E-state index contributed by atoms with van der Waals surface area (Å²) in [4.78, 5) is 2.37. The lowest BCUT2D eigenvalue weighted by Crippen LogP contribution is -2.39. The Hall–Kier alpha value is -1.09. The van der Waals surface area contributed by atoms with Gasteiger partial charge >= 0.3 is 0 Å². The van der Waals surface area contributed by atoms with Gasteiger partial charge in [-0.2, -0.15) is 0 Å². The van der Waals surface area contributed by atoms with Gasteiger partial charge in [-0.25, -0.2) is 4.39 Å². The van der Waals surface area contributed by atoms with Crippen LogP contribution in [0.15, 0.2) is 12.1 Å². The fraction of sp³-hybridized carbons (Fsp3) is 0.625. The maximum Gasteiger partial charge on any atom is 0.126 e. The standard InChI is InChI=1S/C16H25FN2/c1-10-5-6-19(9-12(10)3)16-7-11(2)15(17)8-14(16)13(4)18/h7-8,10,12-13H,5-6,9,18H2,1-4H3/t10?,12?,13-/m1/s1. The predicted octanol–water partition coefficient (Wildman–Crippen LogP) is 3.64. The first-order chi connectivity index (χ1) is 8.90. The van der Waals surface area contributed by atoms with Crippen molar-refractivity contribution in [2.24, 2.45) is 17.6 Å². The van der Waals surface area contributed by atoms with Crippen LogP contribution in [0, 0.1) is 24.6 Å². The highest BCUT2D eigenvalue weighted by atomic mass is 19.1. The Bertz CT molecular complexity index is 456. The van der Waals surface area contributed by atoms with E-state index in [2.05, 4.69) is 18.7 Å². The molecule has 0 radical (unpaired) electrons. The summed E-state index contributed by atoms with van der Waals surface area (Å²) in [6, 6.07) is 3.43. The van der Waals surface area contributed by atoms with E-state index >= 15 is 0 Å². The van der Waals surface area contributed by atoms with Gasteiger partial charge in [0.1, 0.15) is 5.82 Å². The molecule has 1 heterocycles. The van der Waals surface area contributed by atoms with Crippen LogP contribution >= 0.6 is 0 Å². The van der Waals surface area contributed by atoms with Crippen molar-refractivity contribution in [2.75, 3.05) is 18.0 Å². The van der Waals surface area contributed by atoms with Crippen LogP contribution in [0.4, 0.5) is 10.1 Å². The second-order valence-corrected chi connectivity index (χ2v) is 6.14. The lowest BCUT2D eigenvalue weighted by atomic mass is 9.88. The highest BCUT2D eigenvalue weighted by Gasteiger charge is 2.25. The number of rotatable bonds is 2. The van der Waals surface area contributed by atoms with Gasteiger partial charge in [0.25, 0.3) is 0 Å². The Kier molecular flexibility index (Phi) is 4.14. The molecule has 1 aliphatic rings. The number of nitrogens with two attached hydrogens (primary N) is 1. The summed E-state index contributed by atoms with van der Waals surface area (Å²) < 4.78 is 13.8. The molecule has 2 N–H and O–H groups in total. The number of nitrogens with zero attached hydrogens (tertiary/aromatic N) is 1. The Morgan fingerprint density at radius 2 is 2.00 bits per heavy atom. The van der Waals surface area contributed by atoms with Gasteiger partial charge in [-0.05, 0) is 55.4 Å². The lowest BCUT2D eigenvalue weighted by molar-refractivity contribution is 0.323. The van der Waals surface area contributed by atoms with E-state index in [1.165, 1.54) is 6.42 Å². The van der Waals surface area contributed by atoms with Gasteiger partial charge in [-0.3, -0.25) is 0 Å². The maximum atomic E-state index is 13.8. The Morgan fingerprint density at radius 3 is 2.58 bits per heavy atom. The van der Waals surface area contributed by atoms with E-state index in [4.69, 9.17) is 5.73 Å². The van der Waals surface area contributed by atoms with Gasteiger partial charge in [-0.15, -0.1) is 0 Å². The molecule has 2 rings (SSSR count). The van der Waals surface area contributed by atoms with Gasteiger partial charge in [-0.1, -0.05) is 13.8 Å². The van der Waals surface area contributed by atoms with Crippen molar-refractivity contribution in [1.29, 1.82) is 0 Å². The third-order valence-electron chi connectivity index (χ3n) is 4.47. The van der Waals surface area contributed by atoms with Gasteiger partial charge in [0.05, 0.1) is 0 Å². The fourth-order valence-electron chi connectivity index (χ4n) is 2.80. The molecule has 0 bridgehead atoms. The molecule has 1 fully saturated rings. The molecule has 19 heavy (non-hydrogen) atoms. The van der Waals surface area contributed by atoms with Crippen molar-refractivity contribution in [3.8, 4) is 0 Å². The second kappa shape index (κ2) is 5.49. The lowest BCUT2D eigenvalue weighted by Gasteiger charge is -2.38. The van der Waals surface area contributed by atoms with Crippen LogP contribution in [0.2, 0.25) is 0 Å². The quantitative estimate of drug-likeness (QED) is 0.883. The molecule has 0 spiro atoms. The molecule has 0 saturated carbocycles. The number of halogens is 1. The van der Waals surface area contributed by atoms with Crippen LogP contribution in [0.5, 0.6) is 0 Å². The average Bonchev–Trinajstić information content (AvgIpc) is 2.35. The van der Waals surface area contributed by atoms with Crippen molar-refractivity contribution in [3.05, 3.63) is 29.1 Å². The zero-order valence-electron chi connectivity index (χ0n) is 12.4. The first-order valence-electron chi connectivity index (χ1n) is 7.20. The predicted molar refractivity (Wildman–Crippen MR) is 78.9 cm³/mol. The smallest absolute Gasteiger partial charge is 0.126 e. The van der Waals surface area contributed by atoms with E-state index in [0.29, 0.717) is 11.5 Å². The Morgan fingerprint density at radius 1 is 1.32 bits per heavy atom. The number of piperidine rings is 1. The molecule has 3 heteroatoms. The van der Waals surface area contributed by atoms with Gasteiger partial charge in [0, 0.05) is 24.8 Å². The molecular formula is C16H25FN2. The largest absolute Gasteiger partial charge is 0.371 e. The molecule has 2 unspecified atom stereocenters. The first-order valence-corrected chi connectivity index (χ1v) is 7.20. The topological polar surface area (TPSA) is 29.3 Å². The molecule has 0 amide bonds. The normalized spacial score (nSPS) is 25.5. The molecule has 0 aliphatic carbocycles. The highest BCUT2D eigenvalue weighted by molar-refractivity contribution is 5.57. The SMILES string of the molecule is Cc1cc(N2CCC(C)C(C)C2)c([C@@H](C)N)cc1F. The van der Waals surface area contributed by atoms with E-state index in [1.54, 1.807) is 6.07 Å². The van der Waals surface area contributed by atoms with Crippen LogP contribution in [0.1, 0.15) is 44.4 Å². The first kappa shape index (κ1) is 14.3. The zero-order valence-corrected chi connectivity index (χ0v) is 12.4. The summed E-state index contributed by atoms with van der Waals surface area (Å²) in [6.07, 6.45) is 1.19. The molecule has 1 aromatic carbocycles. The van der Waals surface area contributed by atoms with Crippen molar-refractivity contribution in [2.45, 2.75) is 40.2 Å². The number of hydrogen-bond donors (Lipinski definition) is 1. The van der Waals surface area contributed by atoms with E-state index in [-0.39, 0.29) is 11.9 Å². The summed E-state index contributed by atoms with van der Waals surface area (Å²) >= 11 is 0. The van der Waals surface area contributed by atoms with E-state index in [0.717, 1.165) is 30.3 Å². The van der Waals surface area contributed by atoms with E-state index in [9.17, 15) is 4.39 Å². The molecule has 2 nitrogen and oxygen atoms in total. The third kappa shape index (κ3) is 2.92. The molecule has 106 valence electrons.